The van der Waals surface area contributed by atoms with Crippen LogP contribution in [-0.2, 0) is 6.54 Å². The summed E-state index contributed by atoms with van der Waals surface area (Å²) in [6.07, 6.45) is 3.84. The molecule has 0 aliphatic rings. The Bertz CT molecular complexity index is 896. The summed E-state index contributed by atoms with van der Waals surface area (Å²) in [5, 5.41) is 8.73. The van der Waals surface area contributed by atoms with Crippen LogP contribution in [0.1, 0.15) is 43.1 Å². The van der Waals surface area contributed by atoms with Gasteiger partial charge in [-0.05, 0) is 24.7 Å². The van der Waals surface area contributed by atoms with Crippen molar-refractivity contribution in [3.63, 3.8) is 0 Å². The van der Waals surface area contributed by atoms with E-state index in [2.05, 4.69) is 42.3 Å². The lowest BCUT2D eigenvalue weighted by atomic mass is 10.1. The minimum atomic E-state index is -0.438. The fourth-order valence-electron chi connectivity index (χ4n) is 2.93. The van der Waals surface area contributed by atoms with E-state index in [1.807, 2.05) is 0 Å². The summed E-state index contributed by atoms with van der Waals surface area (Å²) in [5.41, 5.74) is 5.30. The SMILES string of the molecule is CCCCCn1nc(C(=O)NNC(=S)NCCC[NH+](C)C)c2ccccc2c1=O. The Balaban J connectivity index is 2.08. The van der Waals surface area contributed by atoms with Crippen molar-refractivity contribution >= 4 is 34.0 Å². The number of nitrogens with one attached hydrogen (secondary N) is 4. The number of hydrogen-bond acceptors (Lipinski definition) is 4. The molecular formula is C20H31N6O2S+. The quantitative estimate of drug-likeness (QED) is 0.264. The second kappa shape index (κ2) is 11.5. The normalized spacial score (nSPS) is 10.9. The molecule has 0 radical (unpaired) electrons. The van der Waals surface area contributed by atoms with Crippen molar-refractivity contribution in [3.8, 4) is 0 Å². The Morgan fingerprint density at radius 2 is 1.86 bits per heavy atom. The highest BCUT2D eigenvalue weighted by molar-refractivity contribution is 7.80. The smallest absolute Gasteiger partial charge is 0.290 e. The Morgan fingerprint density at radius 3 is 2.55 bits per heavy atom. The van der Waals surface area contributed by atoms with Crippen LogP contribution >= 0.6 is 12.2 Å². The van der Waals surface area contributed by atoms with Gasteiger partial charge in [-0.1, -0.05) is 38.0 Å². The van der Waals surface area contributed by atoms with Gasteiger partial charge in [-0.25, -0.2) is 4.68 Å². The fraction of sp³-hybridized carbons (Fsp3) is 0.500. The molecule has 8 nitrogen and oxygen atoms in total. The zero-order valence-corrected chi connectivity index (χ0v) is 18.2. The number of benzene rings is 1. The summed E-state index contributed by atoms with van der Waals surface area (Å²) in [5.74, 6) is -0.438. The molecular weight excluding hydrogens is 388 g/mol. The fourth-order valence-corrected chi connectivity index (χ4v) is 3.08. The number of unbranched alkanes of at least 4 members (excludes halogenated alkanes) is 2. The highest BCUT2D eigenvalue weighted by Gasteiger charge is 2.16. The van der Waals surface area contributed by atoms with Crippen LogP contribution in [0.15, 0.2) is 29.1 Å². The number of nitrogens with zero attached hydrogens (tertiary/aromatic N) is 2. The molecule has 2 rings (SSSR count). The number of quaternary nitrogens is 1. The summed E-state index contributed by atoms with van der Waals surface area (Å²) in [6, 6.07) is 7.02. The van der Waals surface area contributed by atoms with Crippen molar-refractivity contribution in [2.45, 2.75) is 39.2 Å². The number of hydrazine groups is 1. The summed E-state index contributed by atoms with van der Waals surface area (Å²) in [7, 11) is 4.19. The maximum atomic E-state index is 12.7. The van der Waals surface area contributed by atoms with Gasteiger partial charge in [0, 0.05) is 24.9 Å². The third-order valence-electron chi connectivity index (χ3n) is 4.48. The van der Waals surface area contributed by atoms with Crippen molar-refractivity contribution < 1.29 is 9.69 Å². The lowest BCUT2D eigenvalue weighted by molar-refractivity contribution is -0.858. The monoisotopic (exact) mass is 419 g/mol. The van der Waals surface area contributed by atoms with Gasteiger partial charge in [0.15, 0.2) is 10.8 Å². The highest BCUT2D eigenvalue weighted by Crippen LogP contribution is 2.13. The summed E-state index contributed by atoms with van der Waals surface area (Å²) in [4.78, 5) is 26.8. The molecule has 0 unspecified atom stereocenters. The highest BCUT2D eigenvalue weighted by atomic mass is 32.1. The Labute approximate surface area is 176 Å². The van der Waals surface area contributed by atoms with Crippen LogP contribution in [0.25, 0.3) is 10.8 Å². The molecule has 1 aromatic carbocycles. The zero-order chi connectivity index (χ0) is 21.2. The predicted molar refractivity (Wildman–Crippen MR) is 119 cm³/mol. The zero-order valence-electron chi connectivity index (χ0n) is 17.4. The molecule has 0 fully saturated rings. The van der Waals surface area contributed by atoms with Gasteiger partial charge < -0.3 is 10.2 Å². The molecule has 0 aliphatic heterocycles. The largest absolute Gasteiger partial charge is 0.361 e. The molecule has 0 spiro atoms. The van der Waals surface area contributed by atoms with Crippen LogP contribution in [0.4, 0.5) is 0 Å². The van der Waals surface area contributed by atoms with Crippen LogP contribution in [0, 0.1) is 0 Å². The minimum Gasteiger partial charge on any atom is -0.361 e. The first-order chi connectivity index (χ1) is 13.9. The third-order valence-corrected chi connectivity index (χ3v) is 4.73. The average molecular weight is 420 g/mol. The number of aromatic nitrogens is 2. The van der Waals surface area contributed by atoms with Crippen molar-refractivity contribution in [1.82, 2.24) is 25.9 Å². The third kappa shape index (κ3) is 6.79. The molecule has 1 heterocycles. The van der Waals surface area contributed by atoms with Crippen molar-refractivity contribution in [2.24, 2.45) is 0 Å². The van der Waals surface area contributed by atoms with Crippen LogP contribution < -0.4 is 26.6 Å². The van der Waals surface area contributed by atoms with Gasteiger partial charge in [0.2, 0.25) is 0 Å². The van der Waals surface area contributed by atoms with E-state index in [4.69, 9.17) is 12.2 Å². The van der Waals surface area contributed by atoms with E-state index in [1.165, 1.54) is 9.58 Å². The topological polar surface area (TPSA) is 92.5 Å². The lowest BCUT2D eigenvalue weighted by Crippen LogP contribution is -3.05. The molecule has 0 saturated carbocycles. The summed E-state index contributed by atoms with van der Waals surface area (Å²) < 4.78 is 1.38. The summed E-state index contributed by atoms with van der Waals surface area (Å²) in [6.45, 7) is 4.33. The number of aryl methyl sites for hydroxylation is 1. The van der Waals surface area contributed by atoms with E-state index in [0.29, 0.717) is 22.4 Å². The first-order valence-corrected chi connectivity index (χ1v) is 10.5. The molecule has 0 aliphatic carbocycles. The van der Waals surface area contributed by atoms with E-state index in [1.54, 1.807) is 24.3 Å². The number of carbonyl (C=O) groups excluding carboxylic acids is 1. The standard InChI is InChI=1S/C20H30N6O2S/c1-4-5-8-14-26-19(28)16-11-7-6-10-15(16)17(24-26)18(27)22-23-20(29)21-12-9-13-25(2)3/h6-7,10-11H,4-5,8-9,12-14H2,1-3H3,(H,22,27)(H2,21,23,29)/p+1. The number of rotatable bonds is 9. The molecule has 29 heavy (non-hydrogen) atoms. The number of thiocarbonyl (C=S) groups is 1. The predicted octanol–water partition coefficient (Wildman–Crippen LogP) is 0.230. The van der Waals surface area contributed by atoms with Crippen molar-refractivity contribution in [2.75, 3.05) is 27.2 Å². The van der Waals surface area contributed by atoms with Crippen LogP contribution in [-0.4, -0.2) is 48.0 Å². The molecule has 158 valence electrons. The minimum absolute atomic E-state index is 0.179. The lowest BCUT2D eigenvalue weighted by Gasteiger charge is -2.14. The van der Waals surface area contributed by atoms with Gasteiger partial charge in [0.1, 0.15) is 0 Å². The molecule has 1 amide bonds. The van der Waals surface area contributed by atoms with Gasteiger partial charge >= 0.3 is 0 Å². The molecule has 2 aromatic rings. The number of amides is 1. The molecule has 0 bridgehead atoms. The second-order valence-corrected chi connectivity index (χ2v) is 7.68. The number of carbonyl (C=O) groups is 1. The molecule has 0 saturated heterocycles. The van der Waals surface area contributed by atoms with Crippen LogP contribution in [0.2, 0.25) is 0 Å². The van der Waals surface area contributed by atoms with Gasteiger partial charge in [-0.2, -0.15) is 5.10 Å². The Morgan fingerprint density at radius 1 is 1.14 bits per heavy atom. The van der Waals surface area contributed by atoms with Crippen molar-refractivity contribution in [3.05, 3.63) is 40.3 Å². The van der Waals surface area contributed by atoms with E-state index >= 15 is 0 Å². The summed E-state index contributed by atoms with van der Waals surface area (Å²) >= 11 is 5.20. The van der Waals surface area contributed by atoms with Crippen LogP contribution in [0.3, 0.4) is 0 Å². The van der Waals surface area contributed by atoms with Crippen LogP contribution in [0.5, 0.6) is 0 Å². The molecule has 4 N–H and O–H groups in total. The second-order valence-electron chi connectivity index (χ2n) is 7.28. The maximum absolute atomic E-state index is 12.7. The molecule has 1 aromatic heterocycles. The number of fused-ring (bicyclic) bond motifs is 1. The first kappa shape index (κ1) is 22.8. The maximum Gasteiger partial charge on any atom is 0.290 e. The van der Waals surface area contributed by atoms with Crippen molar-refractivity contribution in [1.29, 1.82) is 0 Å². The molecule has 0 atom stereocenters. The molecule has 9 heteroatoms. The Kier molecular flexibility index (Phi) is 9.01. The van der Waals surface area contributed by atoms with E-state index in [9.17, 15) is 9.59 Å². The van der Waals surface area contributed by atoms with Gasteiger partial charge in [-0.15, -0.1) is 0 Å². The number of hydrogen-bond donors (Lipinski definition) is 4. The van der Waals surface area contributed by atoms with Gasteiger partial charge in [0.05, 0.1) is 26.0 Å². The first-order valence-electron chi connectivity index (χ1n) is 10.1. The van der Waals surface area contributed by atoms with Gasteiger partial charge in [0.25, 0.3) is 11.5 Å². The Hall–Kier alpha value is -2.52. The average Bonchev–Trinajstić information content (AvgIpc) is 2.71. The van der Waals surface area contributed by atoms with E-state index < -0.39 is 5.91 Å². The van der Waals surface area contributed by atoms with E-state index in [0.717, 1.165) is 38.8 Å². The van der Waals surface area contributed by atoms with Gasteiger partial charge in [-0.3, -0.25) is 20.4 Å². The van der Waals surface area contributed by atoms with E-state index in [-0.39, 0.29) is 11.3 Å².